The minimum Gasteiger partial charge on any atom is -0.0845 e. The molecule has 0 fully saturated rings. The Morgan fingerprint density at radius 3 is 1.23 bits per heavy atom. The topological polar surface area (TPSA) is 0 Å². The summed E-state index contributed by atoms with van der Waals surface area (Å²) in [5, 5.41) is 0. The van der Waals surface area contributed by atoms with Gasteiger partial charge in [0.05, 0.1) is 0 Å². The van der Waals surface area contributed by atoms with E-state index in [2.05, 4.69) is 24.3 Å². The number of hydrogen-bond donors (Lipinski definition) is 0. The molecule has 1 aliphatic carbocycles. The minimum atomic E-state index is 1.01. The lowest BCUT2D eigenvalue weighted by atomic mass is 10.2. The second-order valence-corrected chi connectivity index (χ2v) is 5.51. The average Bonchev–Trinajstić information content (AvgIpc) is 2.65. The van der Waals surface area contributed by atoms with Gasteiger partial charge in [-0.2, -0.15) is 0 Å². The first-order valence-corrected chi connectivity index (χ1v) is 9.22. The molecule has 0 aliphatic heterocycles. The second-order valence-electron chi connectivity index (χ2n) is 5.51. The smallest absolute Gasteiger partial charge is 0.0276 e. The Hall–Kier alpha value is -2.86. The van der Waals surface area contributed by atoms with Crippen LogP contribution in [0.1, 0.15) is 25.7 Å². The zero-order valence-corrected chi connectivity index (χ0v) is 15.5. The lowest BCUT2D eigenvalue weighted by Crippen LogP contribution is -1.72. The molecule has 1 rings (SSSR count). The Labute approximate surface area is 159 Å². The first-order chi connectivity index (χ1) is 13.0. The quantitative estimate of drug-likeness (QED) is 0.428. The Balaban J connectivity index is 2.55. The summed E-state index contributed by atoms with van der Waals surface area (Å²) in [6.45, 7) is 0. The highest BCUT2D eigenvalue weighted by molar-refractivity contribution is 5.22. The molecular weight excluding hydrogens is 312 g/mol. The highest BCUT2D eigenvalue weighted by Gasteiger charge is 1.82. The molecule has 0 saturated carbocycles. The van der Waals surface area contributed by atoms with E-state index in [1.54, 1.807) is 0 Å². The third kappa shape index (κ3) is 16.0. The summed E-state index contributed by atoms with van der Waals surface area (Å²) >= 11 is 0. The van der Waals surface area contributed by atoms with Crippen molar-refractivity contribution >= 4 is 0 Å². The summed E-state index contributed by atoms with van der Waals surface area (Å²) in [6.07, 6.45) is 50.5. The maximum Gasteiger partial charge on any atom is -0.0276 e. The fourth-order valence-electron chi connectivity index (χ4n) is 1.96. The predicted molar refractivity (Wildman–Crippen MR) is 118 cm³/mol. The fraction of sp³-hybridized carbons (Fsp3) is 0.154. The van der Waals surface area contributed by atoms with Crippen LogP contribution in [-0.2, 0) is 0 Å². The van der Waals surface area contributed by atoms with Crippen LogP contribution in [0, 0.1) is 6.08 Å². The maximum atomic E-state index is 3.31. The molecule has 0 heteroatoms. The summed E-state index contributed by atoms with van der Waals surface area (Å²) in [6, 6.07) is 0. The van der Waals surface area contributed by atoms with Crippen LogP contribution in [0.5, 0.6) is 0 Å². The molecule has 0 nitrogen and oxygen atoms in total. The van der Waals surface area contributed by atoms with Crippen molar-refractivity contribution in [1.82, 2.24) is 0 Å². The lowest BCUT2D eigenvalue weighted by Gasteiger charge is -1.91. The molecular formula is C26H29. The van der Waals surface area contributed by atoms with Crippen molar-refractivity contribution in [3.05, 3.63) is 134 Å². The first kappa shape index (κ1) is 21.2. The third-order valence-electron chi connectivity index (χ3n) is 3.29. The van der Waals surface area contributed by atoms with Crippen molar-refractivity contribution in [3.8, 4) is 0 Å². The maximum absolute atomic E-state index is 3.31. The van der Waals surface area contributed by atoms with E-state index in [0.717, 1.165) is 12.8 Å². The molecule has 0 heterocycles. The minimum absolute atomic E-state index is 1.01. The molecule has 0 saturated heterocycles. The van der Waals surface area contributed by atoms with Gasteiger partial charge >= 0.3 is 0 Å². The molecule has 0 amide bonds. The lowest BCUT2D eigenvalue weighted by molar-refractivity contribution is 0.754. The fourth-order valence-corrected chi connectivity index (χ4v) is 1.96. The molecule has 0 spiro atoms. The van der Waals surface area contributed by atoms with Gasteiger partial charge < -0.3 is 0 Å². The molecule has 0 atom stereocenters. The Bertz CT molecular complexity index is 592. The Morgan fingerprint density at radius 2 is 0.769 bits per heavy atom. The molecule has 0 bridgehead atoms. The van der Waals surface area contributed by atoms with E-state index in [9.17, 15) is 0 Å². The van der Waals surface area contributed by atoms with Crippen LogP contribution in [-0.4, -0.2) is 0 Å². The number of allylic oxidation sites excluding steroid dienone is 22. The van der Waals surface area contributed by atoms with Gasteiger partial charge in [-0.3, -0.25) is 0 Å². The van der Waals surface area contributed by atoms with E-state index in [-0.39, 0.29) is 0 Å². The Kier molecular flexibility index (Phi) is 15.1. The van der Waals surface area contributed by atoms with Gasteiger partial charge in [0.15, 0.2) is 0 Å². The van der Waals surface area contributed by atoms with E-state index in [1.807, 2.05) is 109 Å². The van der Waals surface area contributed by atoms with E-state index in [4.69, 9.17) is 0 Å². The van der Waals surface area contributed by atoms with Crippen LogP contribution < -0.4 is 0 Å². The molecule has 26 heavy (non-hydrogen) atoms. The highest BCUT2D eigenvalue weighted by Crippen LogP contribution is 2.01. The first-order valence-electron chi connectivity index (χ1n) is 9.22. The van der Waals surface area contributed by atoms with Crippen LogP contribution in [0.25, 0.3) is 0 Å². The van der Waals surface area contributed by atoms with Crippen LogP contribution in [0.3, 0.4) is 0 Å². The van der Waals surface area contributed by atoms with Crippen molar-refractivity contribution < 1.29 is 0 Å². The molecule has 1 aliphatic rings. The molecule has 0 N–H and O–H groups in total. The predicted octanol–water partition coefficient (Wildman–Crippen LogP) is 7.48. The van der Waals surface area contributed by atoms with Crippen LogP contribution >= 0.6 is 0 Å². The van der Waals surface area contributed by atoms with Crippen LogP contribution in [0.2, 0.25) is 0 Å². The zero-order chi connectivity index (χ0) is 18.4. The summed E-state index contributed by atoms with van der Waals surface area (Å²) in [5.74, 6) is 0. The van der Waals surface area contributed by atoms with Crippen molar-refractivity contribution in [1.29, 1.82) is 0 Å². The van der Waals surface area contributed by atoms with E-state index >= 15 is 0 Å². The van der Waals surface area contributed by atoms with Crippen molar-refractivity contribution in [2.75, 3.05) is 0 Å². The van der Waals surface area contributed by atoms with Crippen molar-refractivity contribution in [3.63, 3.8) is 0 Å². The van der Waals surface area contributed by atoms with E-state index in [1.165, 1.54) is 12.8 Å². The average molecular weight is 342 g/mol. The summed E-state index contributed by atoms with van der Waals surface area (Å²) < 4.78 is 0. The summed E-state index contributed by atoms with van der Waals surface area (Å²) in [4.78, 5) is 0. The summed E-state index contributed by atoms with van der Waals surface area (Å²) in [5.41, 5.74) is 0. The second kappa shape index (κ2) is 18.5. The van der Waals surface area contributed by atoms with Gasteiger partial charge in [0, 0.05) is 0 Å². The number of rotatable bonds is 0. The van der Waals surface area contributed by atoms with Crippen molar-refractivity contribution in [2.24, 2.45) is 0 Å². The van der Waals surface area contributed by atoms with Gasteiger partial charge in [0.1, 0.15) is 0 Å². The Morgan fingerprint density at radius 1 is 0.385 bits per heavy atom. The monoisotopic (exact) mass is 341 g/mol. The standard InChI is InChI=1S/C26H29/c1-2-4-6-8-10-12-14-16-18-20-22-24-26-25-23-21-19-17-15-13-11-9-7-5-3-1/h1-21H,22,24-26H2/b3-1+,4-2-,7-5+,8-6+,11-9+,12-10+,15-13-,16-14+,19-17+,20-18-,23-21?. The largest absolute Gasteiger partial charge is 0.0845 e. The molecule has 1 radical (unpaired) electrons. The van der Waals surface area contributed by atoms with Gasteiger partial charge in [-0.15, -0.1) is 0 Å². The van der Waals surface area contributed by atoms with Crippen LogP contribution in [0.15, 0.2) is 128 Å². The SMILES string of the molecule is [C]1=C/C=C/C=C\C=C\C=C\C=C\C=C/C=C/C=C/C=C/C=C\CCCC/1. The van der Waals surface area contributed by atoms with E-state index < -0.39 is 0 Å². The van der Waals surface area contributed by atoms with Gasteiger partial charge in [-0.05, 0) is 31.8 Å². The highest BCUT2D eigenvalue weighted by atomic mass is 13.9. The molecule has 0 aromatic carbocycles. The molecule has 0 unspecified atom stereocenters. The zero-order valence-electron chi connectivity index (χ0n) is 15.5. The summed E-state index contributed by atoms with van der Waals surface area (Å²) in [7, 11) is 0. The molecule has 133 valence electrons. The normalized spacial score (nSPS) is 30.8. The van der Waals surface area contributed by atoms with Gasteiger partial charge in [0.25, 0.3) is 0 Å². The van der Waals surface area contributed by atoms with Crippen molar-refractivity contribution in [2.45, 2.75) is 25.7 Å². The van der Waals surface area contributed by atoms with Gasteiger partial charge in [-0.1, -0.05) is 128 Å². The van der Waals surface area contributed by atoms with E-state index in [0.29, 0.717) is 0 Å². The molecule has 0 aromatic rings. The van der Waals surface area contributed by atoms with Crippen LogP contribution in [0.4, 0.5) is 0 Å². The number of hydrogen-bond acceptors (Lipinski definition) is 0. The van der Waals surface area contributed by atoms with Gasteiger partial charge in [-0.25, -0.2) is 0 Å². The van der Waals surface area contributed by atoms with Gasteiger partial charge in [0.2, 0.25) is 0 Å². The third-order valence-corrected chi connectivity index (χ3v) is 3.29. The molecule has 0 aromatic heterocycles.